The molecule has 9 aromatic carbocycles. The van der Waals surface area contributed by atoms with Crippen molar-refractivity contribution in [1.29, 1.82) is 0 Å². The number of rotatable bonds is 3. The molecule has 0 N–H and O–H groups in total. The Morgan fingerprint density at radius 1 is 0.362 bits per heavy atom. The molecule has 47 heavy (non-hydrogen) atoms. The van der Waals surface area contributed by atoms with Gasteiger partial charge >= 0.3 is 0 Å². The fraction of sp³-hybridized carbons (Fsp3) is 0. The van der Waals surface area contributed by atoms with Crippen molar-refractivity contribution in [3.63, 3.8) is 0 Å². The van der Waals surface area contributed by atoms with Crippen molar-refractivity contribution >= 4 is 75.8 Å². The molecule has 0 aliphatic heterocycles. The molecule has 0 saturated carbocycles. The van der Waals surface area contributed by atoms with E-state index in [9.17, 15) is 0 Å². The molecule has 0 aliphatic rings. The molecule has 0 aliphatic carbocycles. The maximum Gasteiger partial charge on any atom is 0.167 e. The van der Waals surface area contributed by atoms with Crippen molar-refractivity contribution in [1.82, 2.24) is 15.0 Å². The summed E-state index contributed by atoms with van der Waals surface area (Å²) in [6.45, 7) is 0. The van der Waals surface area contributed by atoms with E-state index in [1.165, 1.54) is 37.7 Å². The van der Waals surface area contributed by atoms with Gasteiger partial charge in [0.2, 0.25) is 0 Å². The van der Waals surface area contributed by atoms with Gasteiger partial charge in [-0.25, -0.2) is 15.0 Å². The highest BCUT2D eigenvalue weighted by molar-refractivity contribution is 6.40. The topological polar surface area (TPSA) is 51.8 Å². The summed E-state index contributed by atoms with van der Waals surface area (Å²) in [6.07, 6.45) is 0. The van der Waals surface area contributed by atoms with E-state index in [1.54, 1.807) is 0 Å². The second-order valence-corrected chi connectivity index (χ2v) is 12.4. The molecule has 0 bridgehead atoms. The maximum absolute atomic E-state index is 6.77. The Bertz CT molecular complexity index is 2930. The molecular formula is C43H23N3O. The van der Waals surface area contributed by atoms with Crippen molar-refractivity contribution in [2.24, 2.45) is 0 Å². The minimum atomic E-state index is 0.591. The zero-order valence-corrected chi connectivity index (χ0v) is 25.0. The van der Waals surface area contributed by atoms with Crippen LogP contribution in [0.5, 0.6) is 0 Å². The zero-order chi connectivity index (χ0) is 30.6. The van der Waals surface area contributed by atoms with Crippen LogP contribution in [0.25, 0.3) is 110 Å². The fourth-order valence-corrected chi connectivity index (χ4v) is 7.61. The Morgan fingerprint density at radius 2 is 0.915 bits per heavy atom. The Balaban J connectivity index is 1.24. The van der Waals surface area contributed by atoms with Crippen LogP contribution in [0, 0.1) is 0 Å². The van der Waals surface area contributed by atoms with Crippen LogP contribution in [0.4, 0.5) is 0 Å². The van der Waals surface area contributed by atoms with Crippen LogP contribution >= 0.6 is 0 Å². The second kappa shape index (κ2) is 9.09. The van der Waals surface area contributed by atoms with Crippen molar-refractivity contribution in [3.05, 3.63) is 140 Å². The highest BCUT2D eigenvalue weighted by Crippen LogP contribution is 2.48. The van der Waals surface area contributed by atoms with Crippen LogP contribution in [-0.4, -0.2) is 15.0 Å². The number of benzene rings is 9. The lowest BCUT2D eigenvalue weighted by atomic mass is 9.88. The third-order valence-electron chi connectivity index (χ3n) is 9.77. The van der Waals surface area contributed by atoms with Crippen molar-refractivity contribution in [2.75, 3.05) is 0 Å². The second-order valence-electron chi connectivity index (χ2n) is 12.4. The summed E-state index contributed by atoms with van der Waals surface area (Å²) in [4.78, 5) is 15.5. The standard InChI is InChI=1S/C43H23N3O/c1-3-9-27-21-30(19-15-24(27)7-1)41-44-42(31-20-16-25-8-2-4-10-28(25)22-31)46-43(45-41)34-23-29-18-17-26-11-5-12-32-33-13-6-14-35-38(33)39(40(34)47-35)37(29)36(26)32/h1-23H. The van der Waals surface area contributed by atoms with Gasteiger partial charge in [-0.3, -0.25) is 0 Å². The largest absolute Gasteiger partial charge is 0.455 e. The van der Waals surface area contributed by atoms with E-state index in [4.69, 9.17) is 19.4 Å². The molecular weight excluding hydrogens is 574 g/mol. The number of hydrogen-bond donors (Lipinski definition) is 0. The Hall–Kier alpha value is -6.39. The van der Waals surface area contributed by atoms with Gasteiger partial charge in [-0.05, 0) is 72.7 Å². The summed E-state index contributed by atoms with van der Waals surface area (Å²) in [7, 11) is 0. The molecule has 11 rings (SSSR count). The summed E-state index contributed by atoms with van der Waals surface area (Å²) in [5, 5.41) is 14.2. The molecule has 4 nitrogen and oxygen atoms in total. The van der Waals surface area contributed by atoms with Gasteiger partial charge in [0.05, 0.1) is 5.56 Å². The van der Waals surface area contributed by atoms with E-state index < -0.39 is 0 Å². The summed E-state index contributed by atoms with van der Waals surface area (Å²) >= 11 is 0. The molecule has 11 aromatic rings. The average molecular weight is 598 g/mol. The zero-order valence-electron chi connectivity index (χ0n) is 25.0. The van der Waals surface area contributed by atoms with Gasteiger partial charge in [0.15, 0.2) is 17.5 Å². The lowest BCUT2D eigenvalue weighted by Crippen LogP contribution is -2.01. The van der Waals surface area contributed by atoms with Crippen molar-refractivity contribution in [3.8, 4) is 34.2 Å². The molecule has 216 valence electrons. The van der Waals surface area contributed by atoms with Crippen LogP contribution in [0.1, 0.15) is 0 Å². The van der Waals surface area contributed by atoms with Gasteiger partial charge in [0.1, 0.15) is 11.2 Å². The van der Waals surface area contributed by atoms with E-state index in [0.717, 1.165) is 54.8 Å². The lowest BCUT2D eigenvalue weighted by Gasteiger charge is -2.14. The minimum Gasteiger partial charge on any atom is -0.455 e. The Kier molecular flexibility index (Phi) is 4.81. The van der Waals surface area contributed by atoms with Crippen LogP contribution in [0.15, 0.2) is 144 Å². The molecule has 0 radical (unpaired) electrons. The number of hydrogen-bond acceptors (Lipinski definition) is 4. The first-order valence-electron chi connectivity index (χ1n) is 15.9. The molecule has 0 unspecified atom stereocenters. The summed E-state index contributed by atoms with van der Waals surface area (Å²) in [6, 6.07) is 49.1. The van der Waals surface area contributed by atoms with Crippen molar-refractivity contribution in [2.45, 2.75) is 0 Å². The third-order valence-corrected chi connectivity index (χ3v) is 9.77. The van der Waals surface area contributed by atoms with Crippen LogP contribution in [0.3, 0.4) is 0 Å². The number of aromatic nitrogens is 3. The number of furan rings is 1. The maximum atomic E-state index is 6.77. The molecule has 0 atom stereocenters. The van der Waals surface area contributed by atoms with E-state index >= 15 is 0 Å². The van der Waals surface area contributed by atoms with Gasteiger partial charge in [-0.15, -0.1) is 0 Å². The van der Waals surface area contributed by atoms with Crippen LogP contribution < -0.4 is 0 Å². The van der Waals surface area contributed by atoms with Gasteiger partial charge in [-0.2, -0.15) is 0 Å². The molecule has 0 saturated heterocycles. The monoisotopic (exact) mass is 597 g/mol. The van der Waals surface area contributed by atoms with Gasteiger partial charge in [0, 0.05) is 27.3 Å². The Labute approximate surface area is 268 Å². The molecule has 4 heteroatoms. The quantitative estimate of drug-likeness (QED) is 0.150. The highest BCUT2D eigenvalue weighted by atomic mass is 16.3. The minimum absolute atomic E-state index is 0.591. The molecule has 2 aromatic heterocycles. The predicted octanol–water partition coefficient (Wildman–Crippen LogP) is 11.4. The lowest BCUT2D eigenvalue weighted by molar-refractivity contribution is 0.670. The third kappa shape index (κ3) is 3.50. The summed E-state index contributed by atoms with van der Waals surface area (Å²) in [5.41, 5.74) is 4.42. The van der Waals surface area contributed by atoms with E-state index in [1.807, 2.05) is 0 Å². The van der Waals surface area contributed by atoms with Gasteiger partial charge in [-0.1, -0.05) is 115 Å². The summed E-state index contributed by atoms with van der Waals surface area (Å²) in [5.74, 6) is 1.84. The molecule has 0 fully saturated rings. The van der Waals surface area contributed by atoms with E-state index in [0.29, 0.717) is 17.5 Å². The van der Waals surface area contributed by atoms with Gasteiger partial charge in [0.25, 0.3) is 0 Å². The Morgan fingerprint density at radius 3 is 1.62 bits per heavy atom. The normalized spacial score (nSPS) is 12.3. The average Bonchev–Trinajstić information content (AvgIpc) is 3.53. The first kappa shape index (κ1) is 24.9. The fourth-order valence-electron chi connectivity index (χ4n) is 7.61. The smallest absolute Gasteiger partial charge is 0.167 e. The molecule has 0 amide bonds. The summed E-state index contributed by atoms with van der Waals surface area (Å²) < 4.78 is 6.77. The van der Waals surface area contributed by atoms with E-state index in [-0.39, 0.29) is 0 Å². The van der Waals surface area contributed by atoms with Crippen molar-refractivity contribution < 1.29 is 4.42 Å². The first-order valence-corrected chi connectivity index (χ1v) is 15.9. The highest BCUT2D eigenvalue weighted by Gasteiger charge is 2.24. The van der Waals surface area contributed by atoms with Gasteiger partial charge < -0.3 is 4.42 Å². The van der Waals surface area contributed by atoms with E-state index in [2.05, 4.69) is 140 Å². The van der Waals surface area contributed by atoms with Crippen LogP contribution in [-0.2, 0) is 0 Å². The first-order chi connectivity index (χ1) is 23.3. The number of fused-ring (bicyclic) bond motifs is 3. The molecule has 2 heterocycles. The SMILES string of the molecule is c1ccc2cc(-c3nc(-c4ccc5ccccc5c4)nc(-c4cc5ccc6cccc7c8cccc9oc4c(c98)c5c67)n3)ccc2c1. The molecule has 0 spiro atoms. The van der Waals surface area contributed by atoms with Crippen LogP contribution in [0.2, 0.25) is 0 Å². The predicted molar refractivity (Wildman–Crippen MR) is 193 cm³/mol. The number of nitrogens with zero attached hydrogens (tertiary/aromatic N) is 3.